The quantitative estimate of drug-likeness (QED) is 0.822. The van der Waals surface area contributed by atoms with Crippen molar-refractivity contribution in [2.45, 2.75) is 25.4 Å². The maximum atomic E-state index is 5.68. The standard InChI is InChI=1S/C12H21N5/c1-16-7-3-4-10(16)9-17(2)12-11(8-13)14-5-6-15-12/h5-6,10H,3-4,7-9,13H2,1-2H3. The maximum absolute atomic E-state index is 5.68. The Balaban J connectivity index is 2.06. The molecule has 1 saturated heterocycles. The zero-order valence-electron chi connectivity index (χ0n) is 10.6. The number of rotatable bonds is 4. The fraction of sp³-hybridized carbons (Fsp3) is 0.667. The third-order valence-corrected chi connectivity index (χ3v) is 3.46. The molecule has 0 amide bonds. The molecule has 1 aromatic heterocycles. The number of likely N-dealkylation sites (tertiary alicyclic amines) is 1. The van der Waals surface area contributed by atoms with Crippen molar-refractivity contribution in [3.05, 3.63) is 18.1 Å². The van der Waals surface area contributed by atoms with Crippen LogP contribution in [0, 0.1) is 0 Å². The van der Waals surface area contributed by atoms with Crippen molar-refractivity contribution in [1.82, 2.24) is 14.9 Å². The monoisotopic (exact) mass is 235 g/mol. The SMILES string of the molecule is CN(CC1CCCN1C)c1nccnc1CN. The number of hydrogen-bond donors (Lipinski definition) is 1. The van der Waals surface area contributed by atoms with Crippen LogP contribution < -0.4 is 10.6 Å². The van der Waals surface area contributed by atoms with Gasteiger partial charge in [0.2, 0.25) is 0 Å². The lowest BCUT2D eigenvalue weighted by molar-refractivity contribution is 0.314. The summed E-state index contributed by atoms with van der Waals surface area (Å²) in [6.07, 6.45) is 5.98. The van der Waals surface area contributed by atoms with Gasteiger partial charge < -0.3 is 15.5 Å². The first-order valence-electron chi connectivity index (χ1n) is 6.13. The van der Waals surface area contributed by atoms with Crippen LogP contribution in [0.1, 0.15) is 18.5 Å². The smallest absolute Gasteiger partial charge is 0.151 e. The van der Waals surface area contributed by atoms with Crippen LogP contribution >= 0.6 is 0 Å². The molecular formula is C12H21N5. The van der Waals surface area contributed by atoms with E-state index in [1.165, 1.54) is 19.4 Å². The van der Waals surface area contributed by atoms with Gasteiger partial charge in [0, 0.05) is 38.6 Å². The Hall–Kier alpha value is -1.20. The molecule has 2 rings (SSSR count). The van der Waals surface area contributed by atoms with Crippen LogP contribution in [-0.2, 0) is 6.54 Å². The van der Waals surface area contributed by atoms with Gasteiger partial charge in [-0.25, -0.2) is 4.98 Å². The zero-order valence-corrected chi connectivity index (χ0v) is 10.6. The van der Waals surface area contributed by atoms with Crippen molar-refractivity contribution in [3.8, 4) is 0 Å². The molecule has 1 fully saturated rings. The number of anilines is 1. The third kappa shape index (κ3) is 2.73. The second kappa shape index (κ2) is 5.42. The summed E-state index contributed by atoms with van der Waals surface area (Å²) in [4.78, 5) is 13.2. The van der Waals surface area contributed by atoms with Gasteiger partial charge in [-0.2, -0.15) is 0 Å². The second-order valence-corrected chi connectivity index (χ2v) is 4.69. The maximum Gasteiger partial charge on any atom is 0.151 e. The van der Waals surface area contributed by atoms with E-state index in [1.54, 1.807) is 12.4 Å². The summed E-state index contributed by atoms with van der Waals surface area (Å²) in [7, 11) is 4.25. The fourth-order valence-corrected chi connectivity index (χ4v) is 2.43. The number of likely N-dealkylation sites (N-methyl/N-ethyl adjacent to an activating group) is 2. The molecule has 17 heavy (non-hydrogen) atoms. The van der Waals surface area contributed by atoms with Gasteiger partial charge in [-0.3, -0.25) is 4.98 Å². The van der Waals surface area contributed by atoms with Crippen molar-refractivity contribution in [2.75, 3.05) is 32.1 Å². The molecule has 5 nitrogen and oxygen atoms in total. The molecule has 0 aliphatic carbocycles. The molecule has 0 radical (unpaired) electrons. The van der Waals surface area contributed by atoms with Crippen LogP contribution in [0.15, 0.2) is 12.4 Å². The van der Waals surface area contributed by atoms with Gasteiger partial charge in [0.15, 0.2) is 5.82 Å². The minimum absolute atomic E-state index is 0.439. The molecule has 2 N–H and O–H groups in total. The Bertz CT molecular complexity index is 368. The first kappa shape index (κ1) is 12.3. The van der Waals surface area contributed by atoms with Gasteiger partial charge in [-0.15, -0.1) is 0 Å². The predicted molar refractivity (Wildman–Crippen MR) is 68.8 cm³/mol. The van der Waals surface area contributed by atoms with Crippen molar-refractivity contribution < 1.29 is 0 Å². The number of nitrogens with zero attached hydrogens (tertiary/aromatic N) is 4. The van der Waals surface area contributed by atoms with Crippen LogP contribution in [0.25, 0.3) is 0 Å². The highest BCUT2D eigenvalue weighted by Gasteiger charge is 2.23. The van der Waals surface area contributed by atoms with Crippen LogP contribution in [0.4, 0.5) is 5.82 Å². The topological polar surface area (TPSA) is 58.3 Å². The fourth-order valence-electron chi connectivity index (χ4n) is 2.43. The van der Waals surface area contributed by atoms with Crippen LogP contribution in [0.5, 0.6) is 0 Å². The normalized spacial score (nSPS) is 20.8. The van der Waals surface area contributed by atoms with E-state index in [4.69, 9.17) is 5.73 Å². The molecule has 2 heterocycles. The van der Waals surface area contributed by atoms with Gasteiger partial charge >= 0.3 is 0 Å². The molecule has 0 aromatic carbocycles. The summed E-state index contributed by atoms with van der Waals surface area (Å²) in [5.41, 5.74) is 6.56. The van der Waals surface area contributed by atoms with Crippen molar-refractivity contribution in [3.63, 3.8) is 0 Å². The van der Waals surface area contributed by atoms with Crippen LogP contribution in [-0.4, -0.2) is 48.1 Å². The Morgan fingerprint density at radius 3 is 2.88 bits per heavy atom. The van der Waals surface area contributed by atoms with Crippen LogP contribution in [0.2, 0.25) is 0 Å². The van der Waals surface area contributed by atoms with E-state index in [9.17, 15) is 0 Å². The minimum Gasteiger partial charge on any atom is -0.357 e. The molecule has 1 aliphatic rings. The Kier molecular flexibility index (Phi) is 3.91. The molecule has 5 heteroatoms. The van der Waals surface area contributed by atoms with E-state index >= 15 is 0 Å². The van der Waals surface area contributed by atoms with Crippen molar-refractivity contribution in [2.24, 2.45) is 5.73 Å². The molecular weight excluding hydrogens is 214 g/mol. The highest BCUT2D eigenvalue weighted by Crippen LogP contribution is 2.19. The molecule has 1 aliphatic heterocycles. The predicted octanol–water partition coefficient (Wildman–Crippen LogP) is 0.466. The summed E-state index contributed by atoms with van der Waals surface area (Å²) in [5, 5.41) is 0. The zero-order chi connectivity index (χ0) is 12.3. The highest BCUT2D eigenvalue weighted by atomic mass is 15.2. The molecule has 1 atom stereocenters. The van der Waals surface area contributed by atoms with Gasteiger partial charge in [-0.05, 0) is 26.4 Å². The van der Waals surface area contributed by atoms with E-state index in [1.807, 2.05) is 0 Å². The first-order chi connectivity index (χ1) is 8.22. The summed E-state index contributed by atoms with van der Waals surface area (Å²) in [6, 6.07) is 0.618. The molecule has 0 spiro atoms. The molecule has 1 unspecified atom stereocenters. The van der Waals surface area contributed by atoms with Gasteiger partial charge in [-0.1, -0.05) is 0 Å². The molecule has 0 bridgehead atoms. The average Bonchev–Trinajstić information content (AvgIpc) is 2.75. The Morgan fingerprint density at radius 2 is 2.24 bits per heavy atom. The Labute approximate surface area is 103 Å². The lowest BCUT2D eigenvalue weighted by Gasteiger charge is -2.27. The summed E-state index contributed by atoms with van der Waals surface area (Å²) >= 11 is 0. The lowest BCUT2D eigenvalue weighted by atomic mass is 10.2. The summed E-state index contributed by atoms with van der Waals surface area (Å²) in [6.45, 7) is 2.62. The summed E-state index contributed by atoms with van der Waals surface area (Å²) in [5.74, 6) is 0.912. The third-order valence-electron chi connectivity index (χ3n) is 3.46. The molecule has 1 aromatic rings. The van der Waals surface area contributed by atoms with E-state index < -0.39 is 0 Å². The second-order valence-electron chi connectivity index (χ2n) is 4.69. The minimum atomic E-state index is 0.439. The van der Waals surface area contributed by atoms with Gasteiger partial charge in [0.25, 0.3) is 0 Å². The highest BCUT2D eigenvalue weighted by molar-refractivity contribution is 5.42. The Morgan fingerprint density at radius 1 is 1.47 bits per heavy atom. The van der Waals surface area contributed by atoms with Crippen molar-refractivity contribution >= 4 is 5.82 Å². The largest absolute Gasteiger partial charge is 0.357 e. The van der Waals surface area contributed by atoms with Crippen LogP contribution in [0.3, 0.4) is 0 Å². The average molecular weight is 235 g/mol. The molecule has 0 saturated carbocycles. The van der Waals surface area contributed by atoms with Gasteiger partial charge in [0.1, 0.15) is 0 Å². The number of nitrogens with two attached hydrogens (primary N) is 1. The van der Waals surface area contributed by atoms with E-state index in [2.05, 4.69) is 33.9 Å². The lowest BCUT2D eigenvalue weighted by Crippen LogP contribution is -2.37. The van der Waals surface area contributed by atoms with E-state index in [-0.39, 0.29) is 0 Å². The number of hydrogen-bond acceptors (Lipinski definition) is 5. The molecule has 94 valence electrons. The van der Waals surface area contributed by atoms with Crippen molar-refractivity contribution in [1.29, 1.82) is 0 Å². The first-order valence-corrected chi connectivity index (χ1v) is 6.13. The van der Waals surface area contributed by atoms with Gasteiger partial charge in [0.05, 0.1) is 5.69 Å². The van der Waals surface area contributed by atoms with E-state index in [0.29, 0.717) is 12.6 Å². The summed E-state index contributed by atoms with van der Waals surface area (Å²) < 4.78 is 0. The number of aromatic nitrogens is 2. The van der Waals surface area contributed by atoms with E-state index in [0.717, 1.165) is 18.1 Å².